The number of benzene rings is 1. The second-order valence-electron chi connectivity index (χ2n) is 5.95. The van der Waals surface area contributed by atoms with Crippen LogP contribution in [-0.2, 0) is 17.8 Å². The van der Waals surface area contributed by atoms with Gasteiger partial charge in [-0.25, -0.2) is 4.79 Å². The maximum absolute atomic E-state index is 12.2. The summed E-state index contributed by atoms with van der Waals surface area (Å²) in [6.07, 6.45) is 3.54. The van der Waals surface area contributed by atoms with E-state index in [1.807, 2.05) is 23.1 Å². The SMILES string of the molecule is C[C@H]1CCc2ccccc2N1CC(=O)NC(=O)NCc1ccco1. The summed E-state index contributed by atoms with van der Waals surface area (Å²) in [4.78, 5) is 26.1. The van der Waals surface area contributed by atoms with Gasteiger partial charge in [0.25, 0.3) is 0 Å². The lowest BCUT2D eigenvalue weighted by Crippen LogP contribution is -2.47. The van der Waals surface area contributed by atoms with E-state index >= 15 is 0 Å². The van der Waals surface area contributed by atoms with E-state index < -0.39 is 6.03 Å². The Morgan fingerprint density at radius 2 is 2.08 bits per heavy atom. The van der Waals surface area contributed by atoms with Crippen LogP contribution >= 0.6 is 0 Å². The van der Waals surface area contributed by atoms with E-state index in [0.29, 0.717) is 5.76 Å². The minimum Gasteiger partial charge on any atom is -0.467 e. The van der Waals surface area contributed by atoms with Crippen molar-refractivity contribution in [2.24, 2.45) is 0 Å². The van der Waals surface area contributed by atoms with Crippen LogP contribution in [0.3, 0.4) is 0 Å². The predicted octanol–water partition coefficient (Wildman–Crippen LogP) is 2.45. The Morgan fingerprint density at radius 3 is 2.88 bits per heavy atom. The molecule has 3 rings (SSSR count). The summed E-state index contributed by atoms with van der Waals surface area (Å²) in [6, 6.07) is 11.3. The average Bonchev–Trinajstić information content (AvgIpc) is 3.09. The number of fused-ring (bicyclic) bond motifs is 1. The van der Waals surface area contributed by atoms with Crippen molar-refractivity contribution >= 4 is 17.6 Å². The largest absolute Gasteiger partial charge is 0.467 e. The topological polar surface area (TPSA) is 74.6 Å². The first-order chi connectivity index (χ1) is 11.6. The van der Waals surface area contributed by atoms with Crippen LogP contribution in [0.4, 0.5) is 10.5 Å². The summed E-state index contributed by atoms with van der Waals surface area (Å²) in [6.45, 7) is 2.50. The minimum atomic E-state index is -0.519. The molecule has 2 N–H and O–H groups in total. The lowest BCUT2D eigenvalue weighted by molar-refractivity contribution is -0.118. The van der Waals surface area contributed by atoms with Crippen LogP contribution in [0.2, 0.25) is 0 Å². The molecule has 24 heavy (non-hydrogen) atoms. The number of anilines is 1. The Balaban J connectivity index is 1.55. The molecule has 1 atom stereocenters. The normalized spacial score (nSPS) is 16.4. The number of rotatable bonds is 4. The van der Waals surface area contributed by atoms with Gasteiger partial charge < -0.3 is 14.6 Å². The Morgan fingerprint density at radius 1 is 1.25 bits per heavy atom. The fraction of sp³-hybridized carbons (Fsp3) is 0.333. The number of nitrogens with zero attached hydrogens (tertiary/aromatic N) is 1. The van der Waals surface area contributed by atoms with Crippen molar-refractivity contribution in [3.8, 4) is 0 Å². The van der Waals surface area contributed by atoms with E-state index in [1.54, 1.807) is 12.1 Å². The van der Waals surface area contributed by atoms with Gasteiger partial charge in [-0.2, -0.15) is 0 Å². The molecular weight excluding hydrogens is 306 g/mol. The van der Waals surface area contributed by atoms with Crippen molar-refractivity contribution in [1.82, 2.24) is 10.6 Å². The zero-order valence-electron chi connectivity index (χ0n) is 13.6. The van der Waals surface area contributed by atoms with Gasteiger partial charge in [-0.1, -0.05) is 18.2 Å². The van der Waals surface area contributed by atoms with Gasteiger partial charge in [0.1, 0.15) is 5.76 Å². The van der Waals surface area contributed by atoms with E-state index in [1.165, 1.54) is 11.8 Å². The molecule has 0 aliphatic carbocycles. The van der Waals surface area contributed by atoms with Gasteiger partial charge in [-0.05, 0) is 43.5 Å². The lowest BCUT2D eigenvalue weighted by atomic mass is 9.97. The molecule has 126 valence electrons. The van der Waals surface area contributed by atoms with Crippen molar-refractivity contribution in [3.05, 3.63) is 54.0 Å². The maximum Gasteiger partial charge on any atom is 0.321 e. The van der Waals surface area contributed by atoms with Crippen LogP contribution in [0.15, 0.2) is 47.1 Å². The molecule has 0 saturated carbocycles. The molecule has 0 bridgehead atoms. The molecule has 1 aromatic carbocycles. The molecule has 3 amide bonds. The Hall–Kier alpha value is -2.76. The fourth-order valence-electron chi connectivity index (χ4n) is 2.95. The van der Waals surface area contributed by atoms with E-state index in [2.05, 4.69) is 23.6 Å². The first kappa shape index (κ1) is 16.1. The van der Waals surface area contributed by atoms with E-state index in [0.717, 1.165) is 18.5 Å². The third-order valence-electron chi connectivity index (χ3n) is 4.23. The van der Waals surface area contributed by atoms with Gasteiger partial charge >= 0.3 is 6.03 Å². The highest BCUT2D eigenvalue weighted by Crippen LogP contribution is 2.29. The Kier molecular flexibility index (Phi) is 4.84. The van der Waals surface area contributed by atoms with Crippen molar-refractivity contribution in [2.45, 2.75) is 32.4 Å². The number of nitrogens with one attached hydrogen (secondary N) is 2. The van der Waals surface area contributed by atoms with Crippen molar-refractivity contribution in [1.29, 1.82) is 0 Å². The molecular formula is C18H21N3O3. The minimum absolute atomic E-state index is 0.159. The number of urea groups is 1. The standard InChI is InChI=1S/C18H21N3O3/c1-13-8-9-14-5-2-3-7-16(14)21(13)12-17(22)20-18(23)19-11-15-6-4-10-24-15/h2-7,10,13H,8-9,11-12H2,1H3,(H2,19,20,22,23)/t13-/m0/s1. The third-order valence-corrected chi connectivity index (χ3v) is 4.23. The number of carbonyl (C=O) groups is 2. The van der Waals surface area contributed by atoms with Crippen LogP contribution < -0.4 is 15.5 Å². The summed E-state index contributed by atoms with van der Waals surface area (Å²) in [7, 11) is 0. The number of para-hydroxylation sites is 1. The molecule has 0 saturated heterocycles. The molecule has 1 aromatic heterocycles. The highest BCUT2D eigenvalue weighted by atomic mass is 16.3. The van der Waals surface area contributed by atoms with Crippen LogP contribution in [0.25, 0.3) is 0 Å². The van der Waals surface area contributed by atoms with Crippen molar-refractivity contribution in [2.75, 3.05) is 11.4 Å². The Bertz CT molecular complexity index is 712. The second kappa shape index (κ2) is 7.21. The van der Waals surface area contributed by atoms with Crippen molar-refractivity contribution < 1.29 is 14.0 Å². The number of carbonyl (C=O) groups excluding carboxylic acids is 2. The van der Waals surface area contributed by atoms with Gasteiger partial charge in [-0.3, -0.25) is 10.1 Å². The summed E-state index contributed by atoms with van der Waals surface area (Å²) < 4.78 is 5.13. The number of amides is 3. The van der Waals surface area contributed by atoms with Gasteiger partial charge in [0.05, 0.1) is 19.4 Å². The van der Waals surface area contributed by atoms with Crippen LogP contribution in [-0.4, -0.2) is 24.5 Å². The smallest absolute Gasteiger partial charge is 0.321 e. The first-order valence-electron chi connectivity index (χ1n) is 8.08. The first-order valence-corrected chi connectivity index (χ1v) is 8.08. The molecule has 6 heteroatoms. The van der Waals surface area contributed by atoms with E-state index in [4.69, 9.17) is 4.42 Å². The van der Waals surface area contributed by atoms with Gasteiger partial charge in [0.2, 0.25) is 5.91 Å². The number of imide groups is 1. The summed E-state index contributed by atoms with van der Waals surface area (Å²) in [5, 5.41) is 4.97. The van der Waals surface area contributed by atoms with Crippen LogP contribution in [0, 0.1) is 0 Å². The zero-order chi connectivity index (χ0) is 16.9. The molecule has 6 nitrogen and oxygen atoms in total. The highest BCUT2D eigenvalue weighted by Gasteiger charge is 2.24. The summed E-state index contributed by atoms with van der Waals surface area (Å²) >= 11 is 0. The summed E-state index contributed by atoms with van der Waals surface area (Å²) in [5.74, 6) is 0.312. The number of hydrogen-bond donors (Lipinski definition) is 2. The monoisotopic (exact) mass is 327 g/mol. The third kappa shape index (κ3) is 3.76. The van der Waals surface area contributed by atoms with Gasteiger partial charge in [0.15, 0.2) is 0 Å². The molecule has 0 radical (unpaired) electrons. The van der Waals surface area contributed by atoms with Crippen LogP contribution in [0.1, 0.15) is 24.7 Å². The molecule has 0 unspecified atom stereocenters. The molecule has 1 aliphatic rings. The number of aryl methyl sites for hydroxylation is 1. The molecule has 0 spiro atoms. The Labute approximate surface area is 140 Å². The van der Waals surface area contributed by atoms with Crippen LogP contribution in [0.5, 0.6) is 0 Å². The number of hydrogen-bond acceptors (Lipinski definition) is 4. The van der Waals surface area contributed by atoms with Crippen molar-refractivity contribution in [3.63, 3.8) is 0 Å². The molecule has 2 heterocycles. The van der Waals surface area contributed by atoms with E-state index in [-0.39, 0.29) is 25.0 Å². The average molecular weight is 327 g/mol. The molecule has 0 fully saturated rings. The number of furan rings is 1. The highest BCUT2D eigenvalue weighted by molar-refractivity contribution is 5.96. The lowest BCUT2D eigenvalue weighted by Gasteiger charge is -2.36. The maximum atomic E-state index is 12.2. The molecule has 1 aliphatic heterocycles. The second-order valence-corrected chi connectivity index (χ2v) is 5.95. The summed E-state index contributed by atoms with van der Waals surface area (Å²) in [5.41, 5.74) is 2.31. The quantitative estimate of drug-likeness (QED) is 0.904. The fourth-order valence-corrected chi connectivity index (χ4v) is 2.95. The predicted molar refractivity (Wildman–Crippen MR) is 90.7 cm³/mol. The zero-order valence-corrected chi connectivity index (χ0v) is 13.6. The van der Waals surface area contributed by atoms with E-state index in [9.17, 15) is 9.59 Å². The van der Waals surface area contributed by atoms with Gasteiger partial charge in [-0.15, -0.1) is 0 Å². The molecule has 2 aromatic rings. The van der Waals surface area contributed by atoms with Gasteiger partial charge in [0, 0.05) is 11.7 Å².